The van der Waals surface area contributed by atoms with Gasteiger partial charge in [0.15, 0.2) is 11.6 Å². The molecule has 2 nitrogen and oxygen atoms in total. The summed E-state index contributed by atoms with van der Waals surface area (Å²) in [7, 11) is 0. The van der Waals surface area contributed by atoms with Crippen LogP contribution < -0.4 is 4.90 Å². The number of aromatic nitrogens is 1. The molecule has 16 heavy (non-hydrogen) atoms. The van der Waals surface area contributed by atoms with Crippen molar-refractivity contribution in [2.45, 2.75) is 12.8 Å². The number of piperidine rings is 1. The van der Waals surface area contributed by atoms with Crippen LogP contribution in [0.3, 0.4) is 0 Å². The summed E-state index contributed by atoms with van der Waals surface area (Å²) in [4.78, 5) is 5.64. The lowest BCUT2D eigenvalue weighted by atomic mass is 9.99. The van der Waals surface area contributed by atoms with Crippen LogP contribution in [0.25, 0.3) is 0 Å². The number of alkyl halides is 1. The highest BCUT2D eigenvalue weighted by atomic mass is 35.5. The molecule has 0 amide bonds. The molecule has 1 saturated heterocycles. The first kappa shape index (κ1) is 11.6. The normalized spacial score (nSPS) is 17.8. The Balaban J connectivity index is 2.08. The SMILES string of the molecule is Fc1cnc(N2CCC(CCl)CC2)c(F)c1. The Labute approximate surface area is 98.2 Å². The molecule has 1 aromatic heterocycles. The molecular formula is C11H13ClF2N2. The number of hydrogen-bond acceptors (Lipinski definition) is 2. The smallest absolute Gasteiger partial charge is 0.168 e. The summed E-state index contributed by atoms with van der Waals surface area (Å²) in [6.45, 7) is 1.46. The molecule has 0 saturated carbocycles. The average Bonchev–Trinajstić information content (AvgIpc) is 2.29. The second kappa shape index (κ2) is 4.95. The Hall–Kier alpha value is -0.900. The van der Waals surface area contributed by atoms with Gasteiger partial charge in [0.1, 0.15) is 5.82 Å². The van der Waals surface area contributed by atoms with Crippen LogP contribution in [0.2, 0.25) is 0 Å². The van der Waals surface area contributed by atoms with E-state index >= 15 is 0 Å². The van der Waals surface area contributed by atoms with Crippen molar-refractivity contribution >= 4 is 17.4 Å². The Morgan fingerprint density at radius 3 is 2.62 bits per heavy atom. The van der Waals surface area contributed by atoms with Crippen LogP contribution in [0.5, 0.6) is 0 Å². The van der Waals surface area contributed by atoms with Crippen LogP contribution in [0.1, 0.15) is 12.8 Å². The van der Waals surface area contributed by atoms with Crippen molar-refractivity contribution < 1.29 is 8.78 Å². The van der Waals surface area contributed by atoms with Crippen molar-refractivity contribution in [1.82, 2.24) is 4.98 Å². The quantitative estimate of drug-likeness (QED) is 0.746. The van der Waals surface area contributed by atoms with Gasteiger partial charge in [-0.1, -0.05) is 0 Å². The van der Waals surface area contributed by atoms with E-state index < -0.39 is 11.6 Å². The standard InChI is InChI=1S/C11H13ClF2N2/c12-6-8-1-3-16(4-2-8)11-10(14)5-9(13)7-15-11/h5,7-8H,1-4,6H2. The first-order valence-electron chi connectivity index (χ1n) is 5.32. The monoisotopic (exact) mass is 246 g/mol. The van der Waals surface area contributed by atoms with Crippen LogP contribution >= 0.6 is 11.6 Å². The molecule has 1 aromatic rings. The van der Waals surface area contributed by atoms with E-state index in [4.69, 9.17) is 11.6 Å². The summed E-state index contributed by atoms with van der Waals surface area (Å²) >= 11 is 5.77. The molecule has 2 heterocycles. The molecule has 0 aromatic carbocycles. The minimum absolute atomic E-state index is 0.245. The highest BCUT2D eigenvalue weighted by molar-refractivity contribution is 6.18. The fourth-order valence-electron chi connectivity index (χ4n) is 1.94. The predicted octanol–water partition coefficient (Wildman–Crippen LogP) is 2.82. The number of nitrogens with zero attached hydrogens (tertiary/aromatic N) is 2. The minimum atomic E-state index is -0.642. The fraction of sp³-hybridized carbons (Fsp3) is 0.545. The number of halogens is 3. The first-order valence-corrected chi connectivity index (χ1v) is 5.86. The van der Waals surface area contributed by atoms with Gasteiger partial charge in [0.05, 0.1) is 6.20 Å². The van der Waals surface area contributed by atoms with Crippen LogP contribution in [0.15, 0.2) is 12.3 Å². The van der Waals surface area contributed by atoms with Crippen molar-refractivity contribution in [2.24, 2.45) is 5.92 Å². The van der Waals surface area contributed by atoms with Crippen LogP contribution in [-0.2, 0) is 0 Å². The molecule has 88 valence electrons. The topological polar surface area (TPSA) is 16.1 Å². The van der Waals surface area contributed by atoms with Crippen molar-refractivity contribution in [1.29, 1.82) is 0 Å². The maximum Gasteiger partial charge on any atom is 0.168 e. The third kappa shape index (κ3) is 2.43. The molecule has 5 heteroatoms. The third-order valence-corrected chi connectivity index (χ3v) is 3.36. The molecule has 0 unspecified atom stereocenters. The highest BCUT2D eigenvalue weighted by Gasteiger charge is 2.21. The van der Waals surface area contributed by atoms with E-state index in [1.54, 1.807) is 0 Å². The second-order valence-corrected chi connectivity index (χ2v) is 4.35. The lowest BCUT2D eigenvalue weighted by molar-refractivity contribution is 0.435. The Bertz CT molecular complexity index is 365. The molecule has 1 aliphatic heterocycles. The molecule has 1 fully saturated rings. The van der Waals surface area contributed by atoms with Gasteiger partial charge < -0.3 is 4.90 Å². The van der Waals surface area contributed by atoms with Gasteiger partial charge in [0.2, 0.25) is 0 Å². The number of anilines is 1. The zero-order chi connectivity index (χ0) is 11.5. The van der Waals surface area contributed by atoms with E-state index in [2.05, 4.69) is 4.98 Å². The van der Waals surface area contributed by atoms with E-state index in [0.29, 0.717) is 11.8 Å². The Morgan fingerprint density at radius 1 is 1.38 bits per heavy atom. The summed E-state index contributed by atoms with van der Waals surface area (Å²) < 4.78 is 26.1. The Kier molecular flexibility index (Phi) is 3.59. The van der Waals surface area contributed by atoms with Gasteiger partial charge >= 0.3 is 0 Å². The maximum absolute atomic E-state index is 13.4. The van der Waals surface area contributed by atoms with Crippen LogP contribution in [-0.4, -0.2) is 24.0 Å². The van der Waals surface area contributed by atoms with Gasteiger partial charge in [-0.05, 0) is 18.8 Å². The minimum Gasteiger partial charge on any atom is -0.354 e. The van der Waals surface area contributed by atoms with Crippen molar-refractivity contribution in [3.63, 3.8) is 0 Å². The Morgan fingerprint density at radius 2 is 2.06 bits per heavy atom. The van der Waals surface area contributed by atoms with Gasteiger partial charge in [0.25, 0.3) is 0 Å². The average molecular weight is 247 g/mol. The first-order chi connectivity index (χ1) is 7.70. The summed E-state index contributed by atoms with van der Waals surface area (Å²) in [5, 5.41) is 0. The summed E-state index contributed by atoms with van der Waals surface area (Å²) in [5.74, 6) is 0.157. The summed E-state index contributed by atoms with van der Waals surface area (Å²) in [5.41, 5.74) is 0. The molecule has 1 aliphatic rings. The zero-order valence-corrected chi connectivity index (χ0v) is 9.55. The second-order valence-electron chi connectivity index (χ2n) is 4.04. The highest BCUT2D eigenvalue weighted by Crippen LogP contribution is 2.24. The van der Waals surface area contributed by atoms with Gasteiger partial charge in [-0.15, -0.1) is 11.6 Å². The molecular weight excluding hydrogens is 234 g/mol. The van der Waals surface area contributed by atoms with Crippen LogP contribution in [0, 0.1) is 17.6 Å². The van der Waals surface area contributed by atoms with Crippen molar-refractivity contribution in [2.75, 3.05) is 23.9 Å². The largest absolute Gasteiger partial charge is 0.354 e. The number of hydrogen-bond donors (Lipinski definition) is 0. The molecule has 0 aliphatic carbocycles. The summed E-state index contributed by atoms with van der Waals surface area (Å²) in [6, 6.07) is 0.871. The van der Waals surface area contributed by atoms with E-state index in [1.165, 1.54) is 0 Å². The molecule has 0 atom stereocenters. The third-order valence-electron chi connectivity index (χ3n) is 2.92. The molecule has 0 spiro atoms. The van der Waals surface area contributed by atoms with E-state index in [9.17, 15) is 8.78 Å². The predicted molar refractivity (Wildman–Crippen MR) is 59.8 cm³/mol. The zero-order valence-electron chi connectivity index (χ0n) is 8.80. The fourth-order valence-corrected chi connectivity index (χ4v) is 2.25. The van der Waals surface area contributed by atoms with Crippen molar-refractivity contribution in [3.05, 3.63) is 23.9 Å². The van der Waals surface area contributed by atoms with Gasteiger partial charge in [-0.25, -0.2) is 13.8 Å². The van der Waals surface area contributed by atoms with Gasteiger partial charge in [-0.3, -0.25) is 0 Å². The van der Waals surface area contributed by atoms with E-state index in [1.807, 2.05) is 4.90 Å². The summed E-state index contributed by atoms with van der Waals surface area (Å²) in [6.07, 6.45) is 2.91. The molecule has 2 rings (SSSR count). The van der Waals surface area contributed by atoms with Crippen LogP contribution in [0.4, 0.5) is 14.6 Å². The van der Waals surface area contributed by atoms with Gasteiger partial charge in [-0.2, -0.15) is 0 Å². The van der Waals surface area contributed by atoms with Crippen molar-refractivity contribution in [3.8, 4) is 0 Å². The van der Waals surface area contributed by atoms with Gasteiger partial charge in [0, 0.05) is 25.0 Å². The molecule has 0 N–H and O–H groups in total. The lowest BCUT2D eigenvalue weighted by Crippen LogP contribution is -2.35. The number of rotatable bonds is 2. The molecule has 0 radical (unpaired) electrons. The van der Waals surface area contributed by atoms with E-state index in [0.717, 1.165) is 38.2 Å². The number of pyridine rings is 1. The van der Waals surface area contributed by atoms with E-state index in [-0.39, 0.29) is 5.82 Å². The lowest BCUT2D eigenvalue weighted by Gasteiger charge is -2.32. The molecule has 0 bridgehead atoms. The maximum atomic E-state index is 13.4.